The average molecular weight is 330 g/mol. The molecule has 0 unspecified atom stereocenters. The van der Waals surface area contributed by atoms with E-state index in [1.165, 1.54) is 43.4 Å². The Morgan fingerprint density at radius 3 is 1.42 bits per heavy atom. The number of hydrogen-bond acceptors (Lipinski definition) is 0. The minimum Gasteiger partial charge on any atom is -0.0616 e. The van der Waals surface area contributed by atoms with Gasteiger partial charge in [0.2, 0.25) is 0 Å². The van der Waals surface area contributed by atoms with Gasteiger partial charge in [-0.15, -0.1) is 0 Å². The molecule has 26 heavy (non-hydrogen) atoms. The number of hydrogen-bond donors (Lipinski definition) is 0. The summed E-state index contributed by atoms with van der Waals surface area (Å²) >= 11 is 0. The maximum absolute atomic E-state index is 2.28. The second kappa shape index (κ2) is 6.16. The predicted molar refractivity (Wildman–Crippen MR) is 114 cm³/mol. The molecule has 0 aliphatic carbocycles. The summed E-state index contributed by atoms with van der Waals surface area (Å²) in [6, 6.07) is 34.8. The Kier molecular flexibility index (Phi) is 3.54. The van der Waals surface area contributed by atoms with Crippen molar-refractivity contribution in [2.75, 3.05) is 0 Å². The van der Waals surface area contributed by atoms with Crippen molar-refractivity contribution >= 4 is 44.5 Å². The van der Waals surface area contributed by atoms with Crippen molar-refractivity contribution in [3.05, 3.63) is 108 Å². The molecule has 122 valence electrons. The van der Waals surface area contributed by atoms with Gasteiger partial charge < -0.3 is 0 Å². The van der Waals surface area contributed by atoms with E-state index in [4.69, 9.17) is 0 Å². The van der Waals surface area contributed by atoms with Crippen molar-refractivity contribution < 1.29 is 0 Å². The smallest absolute Gasteiger partial charge is 0.0172 e. The molecule has 0 saturated heterocycles. The highest BCUT2D eigenvalue weighted by Gasteiger charge is 1.99. The van der Waals surface area contributed by atoms with Crippen molar-refractivity contribution in [2.24, 2.45) is 0 Å². The molecule has 0 amide bonds. The number of benzene rings is 5. The molecule has 0 N–H and O–H groups in total. The third-order valence-electron chi connectivity index (χ3n) is 4.97. The Labute approximate surface area is 153 Å². The largest absolute Gasteiger partial charge is 0.0616 e. The lowest BCUT2D eigenvalue weighted by molar-refractivity contribution is 1.70. The molecule has 0 fully saturated rings. The van der Waals surface area contributed by atoms with Crippen LogP contribution >= 0.6 is 0 Å². The molecule has 0 heteroatoms. The molecule has 0 aromatic heterocycles. The Balaban J connectivity index is 1.53. The molecule has 5 aromatic carbocycles. The summed E-state index contributed by atoms with van der Waals surface area (Å²) in [6.07, 6.45) is 4.38. The summed E-state index contributed by atoms with van der Waals surface area (Å²) in [5.41, 5.74) is 2.45. The van der Waals surface area contributed by atoms with Crippen LogP contribution in [-0.2, 0) is 0 Å². The van der Waals surface area contributed by atoms with E-state index in [2.05, 4.69) is 109 Å². The van der Waals surface area contributed by atoms with Gasteiger partial charge in [-0.3, -0.25) is 0 Å². The third-order valence-corrected chi connectivity index (χ3v) is 4.97. The SMILES string of the molecule is C(=C/c1ccc2cc3ccccc3cc2c1)/c1ccc2ccccc2c1. The zero-order valence-electron chi connectivity index (χ0n) is 14.4. The first-order valence-corrected chi connectivity index (χ1v) is 8.95. The summed E-state index contributed by atoms with van der Waals surface area (Å²) in [5, 5.41) is 7.70. The molecule has 0 heterocycles. The Bertz CT molecular complexity index is 1280. The summed E-state index contributed by atoms with van der Waals surface area (Å²) in [5.74, 6) is 0. The zero-order valence-corrected chi connectivity index (χ0v) is 14.4. The normalized spacial score (nSPS) is 11.7. The second-order valence-corrected chi connectivity index (χ2v) is 6.75. The summed E-state index contributed by atoms with van der Waals surface area (Å²) in [4.78, 5) is 0. The van der Waals surface area contributed by atoms with Gasteiger partial charge in [0.25, 0.3) is 0 Å². The predicted octanol–water partition coefficient (Wildman–Crippen LogP) is 7.32. The quantitative estimate of drug-likeness (QED) is 0.235. The van der Waals surface area contributed by atoms with E-state index >= 15 is 0 Å². The summed E-state index contributed by atoms with van der Waals surface area (Å²) < 4.78 is 0. The minimum absolute atomic E-state index is 1.22. The number of fused-ring (bicyclic) bond motifs is 3. The standard InChI is InChI=1S/C26H18/c1-2-6-22-15-19(11-13-21(22)5-1)9-10-20-12-14-25-17-23-7-3-4-8-24(23)18-26(25)16-20/h1-18H/b10-9-. The molecular formula is C26H18. The molecular weight excluding hydrogens is 312 g/mol. The lowest BCUT2D eigenvalue weighted by atomic mass is 10.0. The molecule has 0 atom stereocenters. The average Bonchev–Trinajstić information content (AvgIpc) is 2.70. The van der Waals surface area contributed by atoms with Crippen LogP contribution in [0.25, 0.3) is 44.5 Å². The fraction of sp³-hybridized carbons (Fsp3) is 0. The topological polar surface area (TPSA) is 0 Å². The lowest BCUT2D eigenvalue weighted by Gasteiger charge is -2.04. The molecule has 0 aliphatic heterocycles. The van der Waals surface area contributed by atoms with Gasteiger partial charge in [0.15, 0.2) is 0 Å². The second-order valence-electron chi connectivity index (χ2n) is 6.75. The van der Waals surface area contributed by atoms with Gasteiger partial charge in [-0.1, -0.05) is 84.9 Å². The zero-order chi connectivity index (χ0) is 17.3. The van der Waals surface area contributed by atoms with Gasteiger partial charge in [0.05, 0.1) is 0 Å². The molecule has 0 nitrogen and oxygen atoms in total. The van der Waals surface area contributed by atoms with Crippen LogP contribution in [0.2, 0.25) is 0 Å². The van der Waals surface area contributed by atoms with Crippen LogP contribution in [-0.4, -0.2) is 0 Å². The van der Waals surface area contributed by atoms with Crippen molar-refractivity contribution in [1.82, 2.24) is 0 Å². The monoisotopic (exact) mass is 330 g/mol. The number of rotatable bonds is 2. The molecule has 0 aliphatic rings. The van der Waals surface area contributed by atoms with Gasteiger partial charge in [-0.25, -0.2) is 0 Å². The van der Waals surface area contributed by atoms with E-state index in [9.17, 15) is 0 Å². The van der Waals surface area contributed by atoms with Crippen molar-refractivity contribution in [3.63, 3.8) is 0 Å². The molecule has 0 saturated carbocycles. The Hall–Kier alpha value is -3.38. The Morgan fingerprint density at radius 1 is 0.346 bits per heavy atom. The van der Waals surface area contributed by atoms with Gasteiger partial charge in [-0.2, -0.15) is 0 Å². The molecule has 0 spiro atoms. The van der Waals surface area contributed by atoms with Crippen LogP contribution in [0.1, 0.15) is 11.1 Å². The maximum Gasteiger partial charge on any atom is -0.0172 e. The lowest BCUT2D eigenvalue weighted by Crippen LogP contribution is -1.79. The van der Waals surface area contributed by atoms with Crippen LogP contribution in [0.3, 0.4) is 0 Å². The first-order valence-electron chi connectivity index (χ1n) is 8.95. The van der Waals surface area contributed by atoms with Gasteiger partial charge in [-0.05, 0) is 67.7 Å². The van der Waals surface area contributed by atoms with Gasteiger partial charge >= 0.3 is 0 Å². The van der Waals surface area contributed by atoms with E-state index in [0.29, 0.717) is 0 Å². The van der Waals surface area contributed by atoms with E-state index in [0.717, 1.165) is 0 Å². The fourth-order valence-corrected chi connectivity index (χ4v) is 3.57. The van der Waals surface area contributed by atoms with Crippen molar-refractivity contribution in [3.8, 4) is 0 Å². The van der Waals surface area contributed by atoms with Crippen LogP contribution in [0, 0.1) is 0 Å². The van der Waals surface area contributed by atoms with Crippen molar-refractivity contribution in [2.45, 2.75) is 0 Å². The van der Waals surface area contributed by atoms with Crippen LogP contribution in [0.4, 0.5) is 0 Å². The van der Waals surface area contributed by atoms with E-state index in [1.807, 2.05) is 0 Å². The van der Waals surface area contributed by atoms with Gasteiger partial charge in [0.1, 0.15) is 0 Å². The molecule has 0 bridgehead atoms. The third kappa shape index (κ3) is 2.76. The van der Waals surface area contributed by atoms with Crippen molar-refractivity contribution in [1.29, 1.82) is 0 Å². The molecule has 5 rings (SSSR count). The van der Waals surface area contributed by atoms with E-state index < -0.39 is 0 Å². The minimum atomic E-state index is 1.22. The van der Waals surface area contributed by atoms with E-state index in [1.54, 1.807) is 0 Å². The first-order chi connectivity index (χ1) is 12.8. The maximum atomic E-state index is 2.28. The van der Waals surface area contributed by atoms with Gasteiger partial charge in [0, 0.05) is 0 Å². The highest BCUT2D eigenvalue weighted by Crippen LogP contribution is 2.24. The summed E-state index contributed by atoms with van der Waals surface area (Å²) in [7, 11) is 0. The molecule has 0 radical (unpaired) electrons. The summed E-state index contributed by atoms with van der Waals surface area (Å²) in [6.45, 7) is 0. The first kappa shape index (κ1) is 14.9. The fourth-order valence-electron chi connectivity index (χ4n) is 3.57. The molecule has 5 aromatic rings. The Morgan fingerprint density at radius 2 is 0.769 bits per heavy atom. The van der Waals surface area contributed by atoms with E-state index in [-0.39, 0.29) is 0 Å². The highest BCUT2D eigenvalue weighted by atomic mass is 14.0. The highest BCUT2D eigenvalue weighted by molar-refractivity contribution is 5.99. The van der Waals surface area contributed by atoms with Crippen LogP contribution < -0.4 is 0 Å². The van der Waals surface area contributed by atoms with Crippen LogP contribution in [0.5, 0.6) is 0 Å². The van der Waals surface area contributed by atoms with Crippen LogP contribution in [0.15, 0.2) is 97.1 Å².